The highest BCUT2D eigenvalue weighted by Crippen LogP contribution is 2.44. The van der Waals surface area contributed by atoms with Crippen LogP contribution in [0.25, 0.3) is 22.3 Å². The van der Waals surface area contributed by atoms with Crippen LogP contribution < -0.4 is 4.74 Å². The first-order chi connectivity index (χ1) is 13.1. The maximum Gasteiger partial charge on any atom is 0.146 e. The van der Waals surface area contributed by atoms with Crippen LogP contribution in [0.15, 0.2) is 64.4 Å². The number of nitrogens with zero attached hydrogens (tertiary/aromatic N) is 3. The predicted octanol–water partition coefficient (Wildman–Crippen LogP) is 6.04. The molecule has 0 unspecified atom stereocenters. The van der Waals surface area contributed by atoms with E-state index in [0.717, 1.165) is 37.4 Å². The van der Waals surface area contributed by atoms with Gasteiger partial charge in [0.25, 0.3) is 0 Å². The maximum atomic E-state index is 5.58. The molecule has 4 nitrogen and oxygen atoms in total. The summed E-state index contributed by atoms with van der Waals surface area (Å²) in [5.41, 5.74) is 6.41. The Kier molecular flexibility index (Phi) is 4.93. The number of aryl methyl sites for hydroxylation is 2. The predicted molar refractivity (Wildman–Crippen MR) is 114 cm³/mol. The summed E-state index contributed by atoms with van der Waals surface area (Å²) >= 11 is 5.46. The molecule has 1 aromatic carbocycles. The van der Waals surface area contributed by atoms with Crippen molar-refractivity contribution in [3.63, 3.8) is 0 Å². The Morgan fingerprint density at radius 1 is 1.04 bits per heavy atom. The van der Waals surface area contributed by atoms with Crippen molar-refractivity contribution in [1.29, 1.82) is 0 Å². The third kappa shape index (κ3) is 3.24. The largest absolute Gasteiger partial charge is 0.494 e. The van der Waals surface area contributed by atoms with Crippen molar-refractivity contribution < 1.29 is 4.74 Å². The van der Waals surface area contributed by atoms with E-state index in [1.165, 1.54) is 11.1 Å². The molecule has 27 heavy (non-hydrogen) atoms. The normalized spacial score (nSPS) is 11.1. The number of hydrogen-bond acceptors (Lipinski definition) is 4. The van der Waals surface area contributed by atoms with E-state index in [0.29, 0.717) is 0 Å². The Morgan fingerprint density at radius 3 is 2.56 bits per heavy atom. The average molecular weight is 440 g/mol. The highest BCUT2D eigenvalue weighted by molar-refractivity contribution is 9.10. The Bertz CT molecular complexity index is 1120. The molecule has 3 aromatic heterocycles. The molecule has 0 radical (unpaired) electrons. The molecule has 0 bridgehead atoms. The summed E-state index contributed by atoms with van der Waals surface area (Å²) in [6, 6.07) is 12.5. The van der Waals surface area contributed by atoms with Gasteiger partial charge in [-0.3, -0.25) is 13.9 Å². The molecule has 6 heteroatoms. The van der Waals surface area contributed by atoms with Gasteiger partial charge in [-0.15, -0.1) is 0 Å². The molecule has 0 saturated carbocycles. The number of ether oxygens (including phenoxy) is 1. The molecule has 0 amide bonds. The van der Waals surface area contributed by atoms with E-state index in [1.807, 2.05) is 18.3 Å². The fourth-order valence-electron chi connectivity index (χ4n) is 3.04. The van der Waals surface area contributed by atoms with Crippen molar-refractivity contribution in [2.24, 2.45) is 0 Å². The zero-order chi connectivity index (χ0) is 19.0. The second kappa shape index (κ2) is 7.37. The molecule has 0 aliphatic rings. The topological polar surface area (TPSA) is 39.9 Å². The number of fused-ring (bicyclic) bond motifs is 1. The molecule has 0 aliphatic carbocycles. The van der Waals surface area contributed by atoms with Crippen LogP contribution in [0.1, 0.15) is 11.1 Å². The fourth-order valence-corrected chi connectivity index (χ4v) is 4.91. The Hall–Kier alpha value is -2.31. The minimum Gasteiger partial charge on any atom is -0.494 e. The van der Waals surface area contributed by atoms with Crippen molar-refractivity contribution in [1.82, 2.24) is 13.9 Å². The lowest BCUT2D eigenvalue weighted by Crippen LogP contribution is -1.96. The Morgan fingerprint density at radius 2 is 1.81 bits per heavy atom. The molecule has 4 aromatic rings. The van der Waals surface area contributed by atoms with E-state index < -0.39 is 0 Å². The van der Waals surface area contributed by atoms with Crippen molar-refractivity contribution in [2.75, 3.05) is 7.11 Å². The smallest absolute Gasteiger partial charge is 0.146 e. The first kappa shape index (κ1) is 18.1. The van der Waals surface area contributed by atoms with Gasteiger partial charge in [0.1, 0.15) is 11.3 Å². The third-order valence-electron chi connectivity index (χ3n) is 4.43. The summed E-state index contributed by atoms with van der Waals surface area (Å²) in [6.07, 6.45) is 5.36. The Balaban J connectivity index is 2.01. The SMILES string of the molecule is COc1cnccc1-c1c(Br)c2nccc(C)c2n1Sc1ccc(C)cc1. The second-order valence-corrected chi connectivity index (χ2v) is 8.07. The van der Waals surface area contributed by atoms with Crippen LogP contribution in [0.4, 0.5) is 0 Å². The highest BCUT2D eigenvalue weighted by atomic mass is 79.9. The van der Waals surface area contributed by atoms with Crippen molar-refractivity contribution in [3.05, 3.63) is 70.6 Å². The summed E-state index contributed by atoms with van der Waals surface area (Å²) in [5, 5.41) is 0. The number of rotatable bonds is 4. The van der Waals surface area contributed by atoms with Gasteiger partial charge in [-0.05, 0) is 71.6 Å². The van der Waals surface area contributed by atoms with E-state index in [1.54, 1.807) is 31.5 Å². The molecule has 0 spiro atoms. The first-order valence-corrected chi connectivity index (χ1v) is 10.1. The van der Waals surface area contributed by atoms with Gasteiger partial charge in [0, 0.05) is 22.9 Å². The summed E-state index contributed by atoms with van der Waals surface area (Å²) in [7, 11) is 1.66. The van der Waals surface area contributed by atoms with Crippen molar-refractivity contribution in [2.45, 2.75) is 18.7 Å². The van der Waals surface area contributed by atoms with E-state index in [-0.39, 0.29) is 0 Å². The van der Waals surface area contributed by atoms with E-state index >= 15 is 0 Å². The quantitative estimate of drug-likeness (QED) is 0.388. The maximum absolute atomic E-state index is 5.58. The van der Waals surface area contributed by atoms with Crippen LogP contribution in [-0.4, -0.2) is 21.1 Å². The van der Waals surface area contributed by atoms with Crippen LogP contribution in [0.5, 0.6) is 5.75 Å². The van der Waals surface area contributed by atoms with Gasteiger partial charge in [-0.1, -0.05) is 17.7 Å². The van der Waals surface area contributed by atoms with Crippen molar-refractivity contribution >= 4 is 38.9 Å². The molecular weight excluding hydrogens is 422 g/mol. The molecule has 136 valence electrons. The average Bonchev–Trinajstić information content (AvgIpc) is 2.96. The standard InChI is InChI=1S/C21H18BrN3OS/c1-13-4-6-15(7-5-13)27-25-20-14(2)8-11-24-19(20)18(22)21(25)16-9-10-23-12-17(16)26-3/h4-12H,1-3H3. The van der Waals surface area contributed by atoms with Crippen LogP contribution in [0.2, 0.25) is 0 Å². The number of hydrogen-bond donors (Lipinski definition) is 0. The zero-order valence-electron chi connectivity index (χ0n) is 15.2. The number of halogens is 1. The number of methoxy groups -OCH3 is 1. The first-order valence-electron chi connectivity index (χ1n) is 8.49. The molecule has 4 rings (SSSR count). The monoisotopic (exact) mass is 439 g/mol. The summed E-state index contributed by atoms with van der Waals surface area (Å²) in [6.45, 7) is 4.20. The van der Waals surface area contributed by atoms with E-state index in [9.17, 15) is 0 Å². The van der Waals surface area contributed by atoms with Gasteiger partial charge < -0.3 is 4.74 Å². The van der Waals surface area contributed by atoms with Gasteiger partial charge >= 0.3 is 0 Å². The lowest BCUT2D eigenvalue weighted by atomic mass is 10.2. The van der Waals surface area contributed by atoms with E-state index in [4.69, 9.17) is 4.74 Å². The number of aromatic nitrogens is 3. The molecule has 3 heterocycles. The van der Waals surface area contributed by atoms with Crippen LogP contribution in [-0.2, 0) is 0 Å². The molecule has 0 N–H and O–H groups in total. The Labute approximate surface area is 170 Å². The van der Waals surface area contributed by atoms with Crippen molar-refractivity contribution in [3.8, 4) is 17.0 Å². The van der Waals surface area contributed by atoms with Gasteiger partial charge in [-0.2, -0.15) is 0 Å². The highest BCUT2D eigenvalue weighted by Gasteiger charge is 2.22. The number of benzene rings is 1. The molecule has 0 saturated heterocycles. The summed E-state index contributed by atoms with van der Waals surface area (Å²) < 4.78 is 8.75. The lowest BCUT2D eigenvalue weighted by molar-refractivity contribution is 0.414. The van der Waals surface area contributed by atoms with E-state index in [2.05, 4.69) is 68.0 Å². The molecular formula is C21H18BrN3OS. The molecule has 0 atom stereocenters. The van der Waals surface area contributed by atoms with Gasteiger partial charge in [-0.25, -0.2) is 0 Å². The van der Waals surface area contributed by atoms with Gasteiger partial charge in [0.2, 0.25) is 0 Å². The summed E-state index contributed by atoms with van der Waals surface area (Å²) in [5.74, 6) is 0.726. The van der Waals surface area contributed by atoms with Crippen LogP contribution in [0.3, 0.4) is 0 Å². The fraction of sp³-hybridized carbons (Fsp3) is 0.143. The second-order valence-electron chi connectivity index (χ2n) is 6.26. The zero-order valence-corrected chi connectivity index (χ0v) is 17.6. The minimum atomic E-state index is 0.726. The lowest BCUT2D eigenvalue weighted by Gasteiger charge is -2.13. The third-order valence-corrected chi connectivity index (χ3v) is 6.21. The van der Waals surface area contributed by atoms with Crippen LogP contribution in [0, 0.1) is 13.8 Å². The van der Waals surface area contributed by atoms with Gasteiger partial charge in [0.05, 0.1) is 29.0 Å². The molecule has 0 aliphatic heterocycles. The number of pyridine rings is 2. The van der Waals surface area contributed by atoms with Crippen LogP contribution >= 0.6 is 27.9 Å². The molecule has 0 fully saturated rings. The summed E-state index contributed by atoms with van der Waals surface area (Å²) in [4.78, 5) is 9.97. The minimum absolute atomic E-state index is 0.726. The van der Waals surface area contributed by atoms with Gasteiger partial charge in [0.15, 0.2) is 0 Å².